The van der Waals surface area contributed by atoms with Gasteiger partial charge in [0.05, 0.1) is 12.3 Å². The first-order valence-corrected chi connectivity index (χ1v) is 6.14. The van der Waals surface area contributed by atoms with Crippen LogP contribution >= 0.6 is 11.3 Å². The van der Waals surface area contributed by atoms with Crippen molar-refractivity contribution >= 4 is 17.3 Å². The number of hydrogen-bond donors (Lipinski definition) is 0. The predicted octanol–water partition coefficient (Wildman–Crippen LogP) is 3.20. The van der Waals surface area contributed by atoms with Crippen LogP contribution in [0.4, 0.5) is 0 Å². The second-order valence-corrected chi connectivity index (χ2v) is 4.56. The van der Waals surface area contributed by atoms with Crippen LogP contribution in [-0.2, 0) is 4.74 Å². The quantitative estimate of drug-likeness (QED) is 0.786. The zero-order chi connectivity index (χ0) is 12.4. The van der Waals surface area contributed by atoms with Crippen molar-refractivity contribution in [2.45, 2.75) is 20.8 Å². The van der Waals surface area contributed by atoms with Gasteiger partial charge in [-0.1, -0.05) is 0 Å². The minimum absolute atomic E-state index is 0.322. The maximum absolute atomic E-state index is 11.6. The molecule has 0 spiro atoms. The number of ether oxygens (including phenoxy) is 1. The Morgan fingerprint density at radius 1 is 1.47 bits per heavy atom. The van der Waals surface area contributed by atoms with Crippen LogP contribution in [0.1, 0.15) is 28.0 Å². The number of esters is 1. The number of aryl methyl sites for hydroxylation is 2. The number of rotatable bonds is 3. The van der Waals surface area contributed by atoms with Gasteiger partial charge < -0.3 is 9.15 Å². The van der Waals surface area contributed by atoms with E-state index in [1.807, 2.05) is 19.1 Å². The van der Waals surface area contributed by atoms with Crippen LogP contribution in [0.25, 0.3) is 10.8 Å². The molecule has 2 heterocycles. The van der Waals surface area contributed by atoms with Gasteiger partial charge in [0.1, 0.15) is 10.6 Å². The van der Waals surface area contributed by atoms with Gasteiger partial charge in [-0.3, -0.25) is 0 Å². The lowest BCUT2D eigenvalue weighted by Crippen LogP contribution is -2.03. The molecule has 0 saturated heterocycles. The van der Waals surface area contributed by atoms with E-state index >= 15 is 0 Å². The van der Waals surface area contributed by atoms with Gasteiger partial charge in [0, 0.05) is 0 Å². The first-order chi connectivity index (χ1) is 8.11. The Bertz CT molecular complexity index is 542. The summed E-state index contributed by atoms with van der Waals surface area (Å²) in [4.78, 5) is 16.5. The van der Waals surface area contributed by atoms with Crippen molar-refractivity contribution in [1.29, 1.82) is 0 Å². The Hall–Kier alpha value is -1.62. The van der Waals surface area contributed by atoms with Crippen LogP contribution in [0.15, 0.2) is 16.5 Å². The van der Waals surface area contributed by atoms with Crippen LogP contribution in [0.3, 0.4) is 0 Å². The molecule has 0 saturated carbocycles. The van der Waals surface area contributed by atoms with Gasteiger partial charge in [0.25, 0.3) is 0 Å². The van der Waals surface area contributed by atoms with E-state index in [4.69, 9.17) is 9.15 Å². The lowest BCUT2D eigenvalue weighted by Gasteiger charge is -1.97. The number of aromatic nitrogens is 1. The van der Waals surface area contributed by atoms with E-state index in [2.05, 4.69) is 4.98 Å². The second-order valence-electron chi connectivity index (χ2n) is 3.56. The summed E-state index contributed by atoms with van der Waals surface area (Å²) >= 11 is 1.29. The molecule has 2 aromatic heterocycles. The topological polar surface area (TPSA) is 52.3 Å². The Labute approximate surface area is 103 Å². The third-order valence-electron chi connectivity index (χ3n) is 2.21. The third kappa shape index (κ3) is 2.39. The van der Waals surface area contributed by atoms with Crippen molar-refractivity contribution in [2.75, 3.05) is 6.61 Å². The first kappa shape index (κ1) is 11.9. The SMILES string of the molecule is CCOC(=O)c1sc(-c2ccc(C)o2)nc1C. The molecule has 4 nitrogen and oxygen atoms in total. The molecule has 0 bridgehead atoms. The van der Waals surface area contributed by atoms with Crippen LogP contribution in [0, 0.1) is 13.8 Å². The molecular formula is C12H13NO3S. The second kappa shape index (κ2) is 4.71. The van der Waals surface area contributed by atoms with Gasteiger partial charge in [0.15, 0.2) is 10.8 Å². The molecule has 0 aromatic carbocycles. The van der Waals surface area contributed by atoms with E-state index in [1.54, 1.807) is 13.8 Å². The van der Waals surface area contributed by atoms with Gasteiger partial charge in [-0.25, -0.2) is 9.78 Å². The molecule has 0 aliphatic rings. The van der Waals surface area contributed by atoms with Gasteiger partial charge in [-0.05, 0) is 32.9 Å². The summed E-state index contributed by atoms with van der Waals surface area (Å²) in [5.74, 6) is 1.19. The molecular weight excluding hydrogens is 238 g/mol. The molecule has 0 atom stereocenters. The normalized spacial score (nSPS) is 10.5. The summed E-state index contributed by atoms with van der Waals surface area (Å²) in [6.07, 6.45) is 0. The number of hydrogen-bond acceptors (Lipinski definition) is 5. The minimum atomic E-state index is -0.322. The van der Waals surface area contributed by atoms with E-state index in [0.717, 1.165) is 5.76 Å². The highest BCUT2D eigenvalue weighted by Gasteiger charge is 2.18. The maximum Gasteiger partial charge on any atom is 0.350 e. The summed E-state index contributed by atoms with van der Waals surface area (Å²) in [5, 5.41) is 0.707. The molecule has 90 valence electrons. The molecule has 0 radical (unpaired) electrons. The lowest BCUT2D eigenvalue weighted by molar-refractivity contribution is 0.0531. The molecule has 17 heavy (non-hydrogen) atoms. The van der Waals surface area contributed by atoms with Crippen molar-refractivity contribution in [2.24, 2.45) is 0 Å². The summed E-state index contributed by atoms with van der Waals surface area (Å²) in [6, 6.07) is 3.72. The Morgan fingerprint density at radius 3 is 2.82 bits per heavy atom. The minimum Gasteiger partial charge on any atom is -0.462 e. The number of carbonyl (C=O) groups excluding carboxylic acids is 1. The molecule has 0 aliphatic heterocycles. The third-order valence-corrected chi connectivity index (χ3v) is 3.36. The molecule has 2 rings (SSSR count). The predicted molar refractivity (Wildman–Crippen MR) is 65.2 cm³/mol. The monoisotopic (exact) mass is 251 g/mol. The number of carbonyl (C=O) groups is 1. The molecule has 0 aliphatic carbocycles. The fourth-order valence-electron chi connectivity index (χ4n) is 1.44. The van der Waals surface area contributed by atoms with Crippen LogP contribution in [0.5, 0.6) is 0 Å². The smallest absolute Gasteiger partial charge is 0.350 e. The van der Waals surface area contributed by atoms with Crippen LogP contribution in [-0.4, -0.2) is 17.6 Å². The summed E-state index contributed by atoms with van der Waals surface area (Å²) < 4.78 is 10.4. The molecule has 0 fully saturated rings. The maximum atomic E-state index is 11.6. The van der Waals surface area contributed by atoms with E-state index in [0.29, 0.717) is 27.9 Å². The Morgan fingerprint density at radius 2 is 2.24 bits per heavy atom. The lowest BCUT2D eigenvalue weighted by atomic mass is 10.4. The van der Waals surface area contributed by atoms with E-state index < -0.39 is 0 Å². The molecule has 0 N–H and O–H groups in total. The number of nitrogens with zero attached hydrogens (tertiary/aromatic N) is 1. The summed E-state index contributed by atoms with van der Waals surface area (Å²) in [7, 11) is 0. The van der Waals surface area contributed by atoms with Crippen LogP contribution in [0.2, 0.25) is 0 Å². The van der Waals surface area contributed by atoms with Gasteiger partial charge >= 0.3 is 5.97 Å². The molecule has 0 unspecified atom stereocenters. The first-order valence-electron chi connectivity index (χ1n) is 5.33. The summed E-state index contributed by atoms with van der Waals surface area (Å²) in [5.41, 5.74) is 0.678. The highest BCUT2D eigenvalue weighted by atomic mass is 32.1. The Kier molecular flexibility index (Phi) is 3.28. The number of thiazole rings is 1. The van der Waals surface area contributed by atoms with E-state index in [-0.39, 0.29) is 5.97 Å². The zero-order valence-corrected chi connectivity index (χ0v) is 10.8. The standard InChI is InChI=1S/C12H13NO3S/c1-4-15-12(14)10-8(3)13-11(17-10)9-6-5-7(2)16-9/h5-6H,4H2,1-3H3. The van der Waals surface area contributed by atoms with Gasteiger partial charge in [-0.2, -0.15) is 0 Å². The van der Waals surface area contributed by atoms with Gasteiger partial charge in [0.2, 0.25) is 0 Å². The summed E-state index contributed by atoms with van der Waals surface area (Å²) in [6.45, 7) is 5.81. The van der Waals surface area contributed by atoms with Crippen LogP contribution < -0.4 is 0 Å². The molecule has 5 heteroatoms. The number of furan rings is 1. The fraction of sp³-hybridized carbons (Fsp3) is 0.333. The van der Waals surface area contributed by atoms with Crippen molar-refractivity contribution in [3.05, 3.63) is 28.5 Å². The fourth-order valence-corrected chi connectivity index (χ4v) is 2.36. The van der Waals surface area contributed by atoms with Gasteiger partial charge in [-0.15, -0.1) is 11.3 Å². The van der Waals surface area contributed by atoms with Crippen molar-refractivity contribution < 1.29 is 13.9 Å². The van der Waals surface area contributed by atoms with Crippen molar-refractivity contribution in [3.63, 3.8) is 0 Å². The average molecular weight is 251 g/mol. The highest BCUT2D eigenvalue weighted by Crippen LogP contribution is 2.29. The van der Waals surface area contributed by atoms with Crippen molar-refractivity contribution in [1.82, 2.24) is 4.98 Å². The molecule has 0 amide bonds. The largest absolute Gasteiger partial charge is 0.462 e. The molecule has 2 aromatic rings. The zero-order valence-electron chi connectivity index (χ0n) is 9.94. The van der Waals surface area contributed by atoms with E-state index in [9.17, 15) is 4.79 Å². The highest BCUT2D eigenvalue weighted by molar-refractivity contribution is 7.17. The van der Waals surface area contributed by atoms with E-state index in [1.165, 1.54) is 11.3 Å². The Balaban J connectivity index is 2.33. The average Bonchev–Trinajstić information content (AvgIpc) is 2.85. The van der Waals surface area contributed by atoms with Crippen molar-refractivity contribution in [3.8, 4) is 10.8 Å².